The third kappa shape index (κ3) is 9.95. The molecule has 0 aliphatic carbocycles. The van der Waals surface area contributed by atoms with Crippen molar-refractivity contribution < 1.29 is 14.6 Å². The van der Waals surface area contributed by atoms with Crippen LogP contribution in [0.3, 0.4) is 0 Å². The first kappa shape index (κ1) is 18.0. The van der Waals surface area contributed by atoms with Crippen LogP contribution in [0.5, 0.6) is 0 Å². The minimum absolute atomic E-state index is 0.0630. The first-order chi connectivity index (χ1) is 9.32. The molecule has 0 aromatic heterocycles. The molecule has 0 heterocycles. The van der Waals surface area contributed by atoms with Crippen LogP contribution in [0.25, 0.3) is 0 Å². The first-order valence-electron chi connectivity index (χ1n) is 6.40. The number of carbonyl (C=O) groups excluding carboxylic acids is 1. The van der Waals surface area contributed by atoms with Crippen molar-refractivity contribution in [3.63, 3.8) is 0 Å². The number of nitrogens with two attached hydrogens (primary N) is 2. The Bertz CT molecular complexity index is 334. The van der Waals surface area contributed by atoms with E-state index in [0.29, 0.717) is 13.0 Å². The zero-order chi connectivity index (χ0) is 15.5. The van der Waals surface area contributed by atoms with Gasteiger partial charge in [0.25, 0.3) is 0 Å². The largest absolute Gasteiger partial charge is 0.440 e. The Balaban J connectivity index is 3.95. The topological polar surface area (TPSA) is 170 Å². The summed E-state index contributed by atoms with van der Waals surface area (Å²) in [6.45, 7) is 1.91. The molecule has 116 valence electrons. The third-order valence-corrected chi connectivity index (χ3v) is 2.37. The summed E-state index contributed by atoms with van der Waals surface area (Å²) in [4.78, 5) is 11.3. The molecule has 9 heteroatoms. The van der Waals surface area contributed by atoms with Gasteiger partial charge in [0, 0.05) is 13.0 Å². The number of hydrogen-bond acceptors (Lipinski definition) is 5. The molecule has 0 saturated carbocycles. The molecular formula is C11H24N6O3. The van der Waals surface area contributed by atoms with Crippen LogP contribution in [0.4, 0.5) is 0 Å². The van der Waals surface area contributed by atoms with Crippen LogP contribution in [0, 0.1) is 10.8 Å². The first-order valence-corrected chi connectivity index (χ1v) is 6.40. The summed E-state index contributed by atoms with van der Waals surface area (Å²) >= 11 is 0. The summed E-state index contributed by atoms with van der Waals surface area (Å²) in [5, 5.41) is 28.4. The van der Waals surface area contributed by atoms with Crippen LogP contribution in [-0.2, 0) is 9.53 Å². The fraction of sp³-hybridized carbons (Fsp3) is 0.727. The number of ether oxygens (including phenoxy) is 1. The highest BCUT2D eigenvalue weighted by Gasteiger charge is 2.17. The van der Waals surface area contributed by atoms with Gasteiger partial charge in [0.05, 0.1) is 0 Å². The number of rotatable bonds is 9. The van der Waals surface area contributed by atoms with E-state index in [2.05, 4.69) is 10.6 Å². The number of guanidine groups is 2. The van der Waals surface area contributed by atoms with Gasteiger partial charge in [-0.2, -0.15) is 0 Å². The fourth-order valence-electron chi connectivity index (χ4n) is 1.43. The van der Waals surface area contributed by atoms with E-state index in [1.165, 1.54) is 6.92 Å². The lowest BCUT2D eigenvalue weighted by atomic mass is 10.2. The summed E-state index contributed by atoms with van der Waals surface area (Å²) in [5.41, 5.74) is 10.3. The Morgan fingerprint density at radius 1 is 1.25 bits per heavy atom. The predicted octanol–water partition coefficient (Wildman–Crippen LogP) is -1.24. The summed E-state index contributed by atoms with van der Waals surface area (Å²) < 4.78 is 4.98. The second kappa shape index (κ2) is 9.84. The van der Waals surface area contributed by atoms with Gasteiger partial charge in [0.1, 0.15) is 6.10 Å². The lowest BCUT2D eigenvalue weighted by molar-refractivity contribution is -0.159. The molecule has 0 fully saturated rings. The number of aliphatic hydroxyl groups excluding tert-OH is 1. The number of esters is 1. The third-order valence-electron chi connectivity index (χ3n) is 2.37. The molecule has 0 saturated heterocycles. The lowest BCUT2D eigenvalue weighted by Crippen LogP contribution is -2.43. The van der Waals surface area contributed by atoms with Gasteiger partial charge in [0.2, 0.25) is 0 Å². The van der Waals surface area contributed by atoms with E-state index < -0.39 is 18.3 Å². The van der Waals surface area contributed by atoms with Gasteiger partial charge in [-0.25, -0.2) is 4.79 Å². The molecule has 20 heavy (non-hydrogen) atoms. The van der Waals surface area contributed by atoms with E-state index in [-0.39, 0.29) is 11.9 Å². The molecule has 0 aromatic rings. The fourth-order valence-corrected chi connectivity index (χ4v) is 1.43. The van der Waals surface area contributed by atoms with Crippen molar-refractivity contribution in [1.82, 2.24) is 10.6 Å². The normalized spacial score (nSPS) is 13.1. The molecule has 2 atom stereocenters. The zero-order valence-electron chi connectivity index (χ0n) is 11.6. The Morgan fingerprint density at radius 3 is 2.40 bits per heavy atom. The molecule has 0 amide bonds. The molecule has 9 N–H and O–H groups in total. The number of hydrogen-bond donors (Lipinski definition) is 7. The summed E-state index contributed by atoms with van der Waals surface area (Å²) in [7, 11) is 0. The maximum Gasteiger partial charge on any atom is 0.336 e. The van der Waals surface area contributed by atoms with E-state index in [4.69, 9.17) is 32.1 Å². The zero-order valence-corrected chi connectivity index (χ0v) is 11.6. The maximum atomic E-state index is 11.3. The molecule has 0 bridgehead atoms. The average molecular weight is 288 g/mol. The minimum Gasteiger partial charge on any atom is -0.440 e. The highest BCUT2D eigenvalue weighted by Crippen LogP contribution is 2.06. The van der Waals surface area contributed by atoms with Crippen molar-refractivity contribution in [1.29, 1.82) is 10.8 Å². The van der Waals surface area contributed by atoms with Gasteiger partial charge in [-0.05, 0) is 19.8 Å². The van der Waals surface area contributed by atoms with Crippen LogP contribution < -0.4 is 22.1 Å². The van der Waals surface area contributed by atoms with Gasteiger partial charge < -0.3 is 31.9 Å². The van der Waals surface area contributed by atoms with Gasteiger partial charge in [-0.1, -0.05) is 6.42 Å². The second-order valence-corrected chi connectivity index (χ2v) is 4.35. The number of unbranched alkanes of at least 4 members (excludes halogenated alkanes) is 2. The monoisotopic (exact) mass is 288 g/mol. The Hall–Kier alpha value is -2.03. The average Bonchev–Trinajstić information content (AvgIpc) is 2.31. The smallest absolute Gasteiger partial charge is 0.336 e. The van der Waals surface area contributed by atoms with Crippen LogP contribution in [0.15, 0.2) is 0 Å². The predicted molar refractivity (Wildman–Crippen MR) is 75.0 cm³/mol. The van der Waals surface area contributed by atoms with Crippen molar-refractivity contribution in [2.75, 3.05) is 6.54 Å². The van der Waals surface area contributed by atoms with E-state index >= 15 is 0 Å². The molecule has 0 spiro atoms. The SMILES string of the molecule is CC(O)C(=O)OC(CCCCCNC(=N)N)NC(=N)N. The van der Waals surface area contributed by atoms with Crippen molar-refractivity contribution >= 4 is 17.9 Å². The van der Waals surface area contributed by atoms with Gasteiger partial charge in [-0.15, -0.1) is 0 Å². The molecule has 0 radical (unpaired) electrons. The van der Waals surface area contributed by atoms with Crippen molar-refractivity contribution in [2.24, 2.45) is 11.5 Å². The van der Waals surface area contributed by atoms with E-state index in [9.17, 15) is 4.79 Å². The van der Waals surface area contributed by atoms with Gasteiger partial charge >= 0.3 is 5.97 Å². The van der Waals surface area contributed by atoms with Crippen molar-refractivity contribution in [3.05, 3.63) is 0 Å². The van der Waals surface area contributed by atoms with Crippen molar-refractivity contribution in [2.45, 2.75) is 44.9 Å². The van der Waals surface area contributed by atoms with E-state index in [0.717, 1.165) is 19.3 Å². The Labute approximate surface area is 118 Å². The molecule has 0 rings (SSSR count). The quantitative estimate of drug-likeness (QED) is 0.0914. The number of carbonyl (C=O) groups is 1. The Morgan fingerprint density at radius 2 is 1.90 bits per heavy atom. The molecule has 0 aliphatic heterocycles. The van der Waals surface area contributed by atoms with Crippen LogP contribution in [0.2, 0.25) is 0 Å². The Kier molecular flexibility index (Phi) is 8.84. The van der Waals surface area contributed by atoms with Crippen LogP contribution in [-0.4, -0.2) is 41.9 Å². The molecule has 0 aromatic carbocycles. The maximum absolute atomic E-state index is 11.3. The summed E-state index contributed by atoms with van der Waals surface area (Å²) in [6, 6.07) is 0. The van der Waals surface area contributed by atoms with E-state index in [1.807, 2.05) is 0 Å². The van der Waals surface area contributed by atoms with Crippen LogP contribution >= 0.6 is 0 Å². The molecule has 2 unspecified atom stereocenters. The van der Waals surface area contributed by atoms with Gasteiger partial charge in [-0.3, -0.25) is 10.8 Å². The standard InChI is InChI=1S/C11H24N6O3/c1-7(18)9(19)20-8(17-11(14)15)5-3-2-4-6-16-10(12)13/h7-8,18H,2-6H2,1H3,(H4,12,13,16)(H4,14,15,17). The summed E-state index contributed by atoms with van der Waals surface area (Å²) in [6.07, 6.45) is 0.913. The molecule has 0 aliphatic rings. The van der Waals surface area contributed by atoms with Crippen molar-refractivity contribution in [3.8, 4) is 0 Å². The molecule has 9 nitrogen and oxygen atoms in total. The van der Waals surface area contributed by atoms with Gasteiger partial charge in [0.15, 0.2) is 18.1 Å². The minimum atomic E-state index is -1.22. The van der Waals surface area contributed by atoms with Crippen LogP contribution in [0.1, 0.15) is 32.6 Å². The number of aliphatic hydroxyl groups is 1. The summed E-state index contributed by atoms with van der Waals surface area (Å²) in [5.74, 6) is -1.12. The van der Waals surface area contributed by atoms with E-state index in [1.54, 1.807) is 0 Å². The lowest BCUT2D eigenvalue weighted by Gasteiger charge is -2.20. The molecular weight excluding hydrogens is 264 g/mol. The highest BCUT2D eigenvalue weighted by molar-refractivity contribution is 5.76. The number of nitrogens with one attached hydrogen (secondary N) is 4. The highest BCUT2D eigenvalue weighted by atomic mass is 16.6. The second-order valence-electron chi connectivity index (χ2n) is 4.35.